The third kappa shape index (κ3) is 5.41. The minimum absolute atomic E-state index is 0. The van der Waals surface area contributed by atoms with Crippen molar-refractivity contribution in [2.24, 2.45) is 11.1 Å². The molecule has 2 amide bonds. The van der Waals surface area contributed by atoms with Crippen LogP contribution in [0, 0.1) is 11.2 Å². The number of rotatable bonds is 3. The van der Waals surface area contributed by atoms with Gasteiger partial charge in [0.1, 0.15) is 5.82 Å². The van der Waals surface area contributed by atoms with Gasteiger partial charge < -0.3 is 15.5 Å². The molecule has 0 saturated carbocycles. The summed E-state index contributed by atoms with van der Waals surface area (Å²) in [6, 6.07) is 5.74. The van der Waals surface area contributed by atoms with E-state index >= 15 is 0 Å². The van der Waals surface area contributed by atoms with Gasteiger partial charge in [-0.25, -0.2) is 4.39 Å². The zero-order valence-electron chi connectivity index (χ0n) is 15.0. The van der Waals surface area contributed by atoms with Crippen LogP contribution < -0.4 is 5.73 Å². The molecule has 0 aliphatic carbocycles. The Morgan fingerprint density at radius 3 is 2.16 bits per heavy atom. The first kappa shape index (κ1) is 21.4. The van der Waals surface area contributed by atoms with E-state index in [0.29, 0.717) is 31.7 Å². The maximum absolute atomic E-state index is 13.6. The lowest BCUT2D eigenvalue weighted by atomic mass is 9.86. The SMILES string of the molecule is CC(C)(C)[C@H](N)C(=O)N1CCN(C(=O)Cc2ccccc2F)CC1.Cl. The Hall–Kier alpha value is -1.66. The minimum atomic E-state index is -0.557. The Kier molecular flexibility index (Phi) is 7.38. The monoisotopic (exact) mass is 371 g/mol. The lowest BCUT2D eigenvalue weighted by Crippen LogP contribution is -2.57. The van der Waals surface area contributed by atoms with Crippen molar-refractivity contribution in [2.75, 3.05) is 26.2 Å². The molecular weight excluding hydrogens is 345 g/mol. The summed E-state index contributed by atoms with van der Waals surface area (Å²) in [5.41, 5.74) is 6.13. The van der Waals surface area contributed by atoms with Gasteiger partial charge in [0.15, 0.2) is 0 Å². The number of nitrogens with two attached hydrogens (primary N) is 1. The Labute approximate surface area is 154 Å². The summed E-state index contributed by atoms with van der Waals surface area (Å²) in [4.78, 5) is 28.1. The van der Waals surface area contributed by atoms with Crippen molar-refractivity contribution < 1.29 is 14.0 Å². The number of benzene rings is 1. The molecule has 25 heavy (non-hydrogen) atoms. The molecule has 1 aliphatic heterocycles. The Morgan fingerprint density at radius 1 is 1.12 bits per heavy atom. The molecule has 7 heteroatoms. The van der Waals surface area contributed by atoms with E-state index in [-0.39, 0.29) is 41.9 Å². The highest BCUT2D eigenvalue weighted by molar-refractivity contribution is 5.85. The van der Waals surface area contributed by atoms with Crippen molar-refractivity contribution in [2.45, 2.75) is 33.2 Å². The van der Waals surface area contributed by atoms with Gasteiger partial charge in [-0.3, -0.25) is 9.59 Å². The second-order valence-corrected chi connectivity index (χ2v) is 7.32. The fraction of sp³-hybridized carbons (Fsp3) is 0.556. The molecule has 0 aromatic heterocycles. The second-order valence-electron chi connectivity index (χ2n) is 7.32. The summed E-state index contributed by atoms with van der Waals surface area (Å²) in [6.45, 7) is 7.64. The summed E-state index contributed by atoms with van der Waals surface area (Å²) < 4.78 is 13.6. The molecule has 0 spiro atoms. The smallest absolute Gasteiger partial charge is 0.240 e. The number of hydrogen-bond donors (Lipinski definition) is 1. The standard InChI is InChI=1S/C18H26FN3O2.ClH/c1-18(2,3)16(20)17(24)22-10-8-21(9-11-22)15(23)12-13-6-4-5-7-14(13)19;/h4-7,16H,8-12,20H2,1-3H3;1H/t16-;/m1./s1. The quantitative estimate of drug-likeness (QED) is 0.881. The van der Waals surface area contributed by atoms with E-state index in [1.54, 1.807) is 28.0 Å². The highest BCUT2D eigenvalue weighted by Gasteiger charge is 2.33. The third-order valence-corrected chi connectivity index (χ3v) is 4.44. The van der Waals surface area contributed by atoms with Crippen LogP contribution in [-0.2, 0) is 16.0 Å². The van der Waals surface area contributed by atoms with Gasteiger partial charge >= 0.3 is 0 Å². The van der Waals surface area contributed by atoms with Gasteiger partial charge in [0.2, 0.25) is 11.8 Å². The first-order valence-electron chi connectivity index (χ1n) is 8.25. The first-order chi connectivity index (χ1) is 11.2. The van der Waals surface area contributed by atoms with Crippen LogP contribution in [0.2, 0.25) is 0 Å². The molecule has 140 valence electrons. The Bertz CT molecular complexity index is 611. The van der Waals surface area contributed by atoms with Crippen molar-refractivity contribution in [3.8, 4) is 0 Å². The number of nitrogens with zero attached hydrogens (tertiary/aromatic N) is 2. The minimum Gasteiger partial charge on any atom is -0.339 e. The Balaban J connectivity index is 0.00000312. The number of carbonyl (C=O) groups excluding carboxylic acids is 2. The van der Waals surface area contributed by atoms with Gasteiger partial charge in [0, 0.05) is 26.2 Å². The number of amides is 2. The van der Waals surface area contributed by atoms with E-state index in [1.807, 2.05) is 20.8 Å². The van der Waals surface area contributed by atoms with Crippen LogP contribution in [0.1, 0.15) is 26.3 Å². The average molecular weight is 372 g/mol. The van der Waals surface area contributed by atoms with E-state index < -0.39 is 6.04 Å². The maximum atomic E-state index is 13.6. The van der Waals surface area contributed by atoms with Gasteiger partial charge in [-0.1, -0.05) is 39.0 Å². The topological polar surface area (TPSA) is 66.6 Å². The van der Waals surface area contributed by atoms with Crippen LogP contribution >= 0.6 is 12.4 Å². The molecule has 1 heterocycles. The molecular formula is C18H27ClFN3O2. The summed E-state index contributed by atoms with van der Waals surface area (Å²) in [7, 11) is 0. The molecule has 0 unspecified atom stereocenters. The number of piperazine rings is 1. The van der Waals surface area contributed by atoms with Crippen molar-refractivity contribution >= 4 is 24.2 Å². The molecule has 1 aliphatic rings. The number of carbonyl (C=O) groups is 2. The van der Waals surface area contributed by atoms with Crippen molar-refractivity contribution in [1.29, 1.82) is 0 Å². The summed E-state index contributed by atoms with van der Waals surface area (Å²) in [5, 5.41) is 0. The zero-order chi connectivity index (χ0) is 17.9. The second kappa shape index (κ2) is 8.63. The van der Waals surface area contributed by atoms with Gasteiger partial charge in [-0.15, -0.1) is 12.4 Å². The highest BCUT2D eigenvalue weighted by Crippen LogP contribution is 2.20. The first-order valence-corrected chi connectivity index (χ1v) is 8.25. The van der Waals surface area contributed by atoms with Crippen LogP contribution in [0.3, 0.4) is 0 Å². The van der Waals surface area contributed by atoms with E-state index in [9.17, 15) is 14.0 Å². The highest BCUT2D eigenvalue weighted by atomic mass is 35.5. The molecule has 5 nitrogen and oxygen atoms in total. The fourth-order valence-corrected chi connectivity index (χ4v) is 2.66. The van der Waals surface area contributed by atoms with Crippen molar-refractivity contribution in [3.05, 3.63) is 35.6 Å². The number of halogens is 2. The van der Waals surface area contributed by atoms with Crippen LogP contribution in [-0.4, -0.2) is 53.8 Å². The van der Waals surface area contributed by atoms with Gasteiger partial charge in [0.25, 0.3) is 0 Å². The summed E-state index contributed by atoms with van der Waals surface area (Å²) in [6.07, 6.45) is 0.0438. The van der Waals surface area contributed by atoms with Crippen molar-refractivity contribution in [3.63, 3.8) is 0 Å². The third-order valence-electron chi connectivity index (χ3n) is 4.44. The van der Waals surface area contributed by atoms with E-state index in [0.717, 1.165) is 0 Å². The molecule has 1 aromatic rings. The molecule has 2 N–H and O–H groups in total. The molecule has 1 fully saturated rings. The summed E-state index contributed by atoms with van der Waals surface area (Å²) in [5.74, 6) is -0.563. The predicted octanol–water partition coefficient (Wildman–Crippen LogP) is 1.83. The van der Waals surface area contributed by atoms with E-state index in [2.05, 4.69) is 0 Å². The molecule has 2 rings (SSSR count). The molecule has 1 saturated heterocycles. The predicted molar refractivity (Wildman–Crippen MR) is 97.9 cm³/mol. The molecule has 1 aromatic carbocycles. The van der Waals surface area contributed by atoms with Crippen molar-refractivity contribution in [1.82, 2.24) is 9.80 Å². The maximum Gasteiger partial charge on any atom is 0.240 e. The zero-order valence-corrected chi connectivity index (χ0v) is 15.8. The van der Waals surface area contributed by atoms with Gasteiger partial charge in [-0.05, 0) is 17.0 Å². The van der Waals surface area contributed by atoms with Gasteiger partial charge in [0.05, 0.1) is 12.5 Å². The molecule has 0 radical (unpaired) electrons. The number of hydrogen-bond acceptors (Lipinski definition) is 3. The summed E-state index contributed by atoms with van der Waals surface area (Å²) >= 11 is 0. The average Bonchev–Trinajstić information content (AvgIpc) is 2.55. The molecule has 0 bridgehead atoms. The molecule has 1 atom stereocenters. The van der Waals surface area contributed by atoms with Gasteiger partial charge in [-0.2, -0.15) is 0 Å². The van der Waals surface area contributed by atoms with Crippen LogP contribution in [0.15, 0.2) is 24.3 Å². The normalized spacial score (nSPS) is 16.2. The fourth-order valence-electron chi connectivity index (χ4n) is 2.66. The van der Waals surface area contributed by atoms with Crippen LogP contribution in [0.25, 0.3) is 0 Å². The largest absolute Gasteiger partial charge is 0.339 e. The lowest BCUT2D eigenvalue weighted by molar-refractivity contribution is -0.141. The van der Waals surface area contributed by atoms with Crippen LogP contribution in [0.4, 0.5) is 4.39 Å². The Morgan fingerprint density at radius 2 is 1.64 bits per heavy atom. The van der Waals surface area contributed by atoms with E-state index in [1.165, 1.54) is 6.07 Å². The van der Waals surface area contributed by atoms with E-state index in [4.69, 9.17) is 5.73 Å². The lowest BCUT2D eigenvalue weighted by Gasteiger charge is -2.38. The van der Waals surface area contributed by atoms with Crippen LogP contribution in [0.5, 0.6) is 0 Å².